The molecule has 0 radical (unpaired) electrons. The summed E-state index contributed by atoms with van der Waals surface area (Å²) in [5.74, 6) is -0.387. The van der Waals surface area contributed by atoms with Gasteiger partial charge in [0.1, 0.15) is 4.90 Å². The van der Waals surface area contributed by atoms with Crippen molar-refractivity contribution in [1.82, 2.24) is 0 Å². The number of carbonyl (C=O) groups excluding carboxylic acids is 1. The largest absolute Gasteiger partial charge is 0.311 e. The average molecular weight is 380 g/mol. The lowest BCUT2D eigenvalue weighted by atomic mass is 10.2. The Balaban J connectivity index is 2.02. The van der Waals surface area contributed by atoms with Gasteiger partial charge in [-0.25, -0.2) is 8.42 Å². The number of carbonyl (C=O) groups is 1. The Morgan fingerprint density at radius 3 is 1.78 bits per heavy atom. The molecule has 3 rings (SSSR count). The van der Waals surface area contributed by atoms with E-state index in [0.717, 1.165) is 0 Å². The van der Waals surface area contributed by atoms with Crippen molar-refractivity contribution in [2.75, 3.05) is 23.3 Å². The number of anilines is 2. The zero-order chi connectivity index (χ0) is 19.4. The fourth-order valence-corrected chi connectivity index (χ4v) is 4.12. The Hall–Kier alpha value is -3.12. The van der Waals surface area contributed by atoms with Gasteiger partial charge in [-0.3, -0.25) is 9.10 Å². The topological polar surface area (TPSA) is 57.7 Å². The van der Waals surface area contributed by atoms with Crippen molar-refractivity contribution in [2.45, 2.75) is 4.90 Å². The molecule has 0 aliphatic rings. The van der Waals surface area contributed by atoms with Crippen molar-refractivity contribution in [3.8, 4) is 0 Å². The van der Waals surface area contributed by atoms with Crippen LogP contribution in [0.2, 0.25) is 0 Å². The summed E-state index contributed by atoms with van der Waals surface area (Å²) in [6.45, 7) is 0. The van der Waals surface area contributed by atoms with Gasteiger partial charge in [0.15, 0.2) is 0 Å². The van der Waals surface area contributed by atoms with Gasteiger partial charge in [0.05, 0.1) is 11.3 Å². The summed E-state index contributed by atoms with van der Waals surface area (Å²) in [6, 6.07) is 24.1. The molecule has 3 aromatic rings. The molecule has 0 atom stereocenters. The van der Waals surface area contributed by atoms with Crippen molar-refractivity contribution in [2.24, 2.45) is 0 Å². The van der Waals surface area contributed by atoms with Crippen LogP contribution in [0.1, 0.15) is 10.4 Å². The van der Waals surface area contributed by atoms with E-state index in [9.17, 15) is 13.2 Å². The summed E-state index contributed by atoms with van der Waals surface area (Å²) in [5, 5.41) is 0. The molecule has 0 bridgehead atoms. The summed E-state index contributed by atoms with van der Waals surface area (Å²) >= 11 is 0. The fraction of sp³-hybridized carbons (Fsp3) is 0.0952. The van der Waals surface area contributed by atoms with Crippen LogP contribution in [-0.4, -0.2) is 28.4 Å². The van der Waals surface area contributed by atoms with Gasteiger partial charge in [-0.2, -0.15) is 0 Å². The lowest BCUT2D eigenvalue weighted by Crippen LogP contribution is -2.31. The maximum atomic E-state index is 13.2. The van der Waals surface area contributed by atoms with Crippen LogP contribution in [0.4, 0.5) is 11.4 Å². The molecule has 0 unspecified atom stereocenters. The summed E-state index contributed by atoms with van der Waals surface area (Å²) in [4.78, 5) is 14.4. The predicted octanol–water partition coefficient (Wildman–Crippen LogP) is 3.79. The van der Waals surface area contributed by atoms with Crippen molar-refractivity contribution in [1.29, 1.82) is 0 Å². The van der Waals surface area contributed by atoms with Crippen LogP contribution >= 0.6 is 0 Å². The molecular weight excluding hydrogens is 360 g/mol. The zero-order valence-corrected chi connectivity index (χ0v) is 15.9. The van der Waals surface area contributed by atoms with E-state index in [4.69, 9.17) is 0 Å². The number of para-hydroxylation sites is 2. The van der Waals surface area contributed by atoms with Gasteiger partial charge in [0, 0.05) is 19.8 Å². The van der Waals surface area contributed by atoms with E-state index in [1.165, 1.54) is 28.4 Å². The van der Waals surface area contributed by atoms with E-state index >= 15 is 0 Å². The lowest BCUT2D eigenvalue weighted by molar-refractivity contribution is 0.0990. The van der Waals surface area contributed by atoms with Crippen molar-refractivity contribution < 1.29 is 13.2 Å². The van der Waals surface area contributed by atoms with Gasteiger partial charge < -0.3 is 4.90 Å². The molecule has 6 heteroatoms. The molecular formula is C21H20N2O3S. The Labute approximate surface area is 159 Å². The maximum Gasteiger partial charge on any atom is 0.264 e. The highest BCUT2D eigenvalue weighted by atomic mass is 32.2. The number of hydrogen-bond acceptors (Lipinski definition) is 3. The number of rotatable bonds is 5. The Morgan fingerprint density at radius 1 is 0.704 bits per heavy atom. The molecule has 0 fully saturated rings. The van der Waals surface area contributed by atoms with Crippen LogP contribution in [0, 0.1) is 0 Å². The van der Waals surface area contributed by atoms with Crippen LogP contribution in [0.25, 0.3) is 0 Å². The van der Waals surface area contributed by atoms with Crippen LogP contribution in [-0.2, 0) is 10.0 Å². The first-order valence-corrected chi connectivity index (χ1v) is 9.83. The van der Waals surface area contributed by atoms with Gasteiger partial charge >= 0.3 is 0 Å². The second kappa shape index (κ2) is 7.63. The van der Waals surface area contributed by atoms with E-state index in [0.29, 0.717) is 11.4 Å². The third-order valence-electron chi connectivity index (χ3n) is 4.32. The molecule has 27 heavy (non-hydrogen) atoms. The lowest BCUT2D eigenvalue weighted by Gasteiger charge is -2.23. The van der Waals surface area contributed by atoms with Crippen LogP contribution in [0.3, 0.4) is 0 Å². The number of hydrogen-bond donors (Lipinski definition) is 0. The number of sulfonamides is 1. The molecule has 3 aromatic carbocycles. The second-order valence-electron chi connectivity index (χ2n) is 6.00. The van der Waals surface area contributed by atoms with Crippen LogP contribution in [0.15, 0.2) is 89.8 Å². The molecule has 0 saturated heterocycles. The number of nitrogens with zero attached hydrogens (tertiary/aromatic N) is 2. The maximum absolute atomic E-state index is 13.2. The first-order chi connectivity index (χ1) is 12.9. The van der Waals surface area contributed by atoms with E-state index in [2.05, 4.69) is 0 Å². The molecule has 0 N–H and O–H groups in total. The van der Waals surface area contributed by atoms with Crippen molar-refractivity contribution in [3.05, 3.63) is 90.5 Å². The average Bonchev–Trinajstić information content (AvgIpc) is 2.73. The minimum atomic E-state index is -3.90. The van der Waals surface area contributed by atoms with E-state index in [-0.39, 0.29) is 16.4 Å². The first-order valence-electron chi connectivity index (χ1n) is 8.39. The number of amides is 1. The molecule has 138 valence electrons. The minimum Gasteiger partial charge on any atom is -0.311 e. The monoisotopic (exact) mass is 380 g/mol. The highest BCUT2D eigenvalue weighted by molar-refractivity contribution is 7.92. The Morgan fingerprint density at radius 2 is 1.19 bits per heavy atom. The van der Waals surface area contributed by atoms with E-state index < -0.39 is 10.0 Å². The zero-order valence-electron chi connectivity index (χ0n) is 15.1. The predicted molar refractivity (Wildman–Crippen MR) is 108 cm³/mol. The molecule has 0 heterocycles. The Kier molecular flexibility index (Phi) is 5.28. The first kappa shape index (κ1) is 18.7. The smallest absolute Gasteiger partial charge is 0.264 e. The molecule has 0 aliphatic carbocycles. The quantitative estimate of drug-likeness (QED) is 0.677. The van der Waals surface area contributed by atoms with Crippen molar-refractivity contribution in [3.63, 3.8) is 0 Å². The third-order valence-corrected chi connectivity index (χ3v) is 6.17. The van der Waals surface area contributed by atoms with E-state index in [1.807, 2.05) is 24.3 Å². The molecule has 0 aliphatic heterocycles. The minimum absolute atomic E-state index is 0.0239. The number of benzene rings is 3. The van der Waals surface area contributed by atoms with Gasteiger partial charge in [-0.1, -0.05) is 48.5 Å². The summed E-state index contributed by atoms with van der Waals surface area (Å²) in [6.07, 6.45) is 0. The molecule has 1 amide bonds. The highest BCUT2D eigenvalue weighted by Crippen LogP contribution is 2.26. The molecule has 0 spiro atoms. The standard InChI is InChI=1S/C21H20N2O3S/c1-22(17-11-5-3-6-12-17)21(24)19-15-9-10-16-20(19)27(25,26)23(2)18-13-7-4-8-14-18/h3-16H,1-2H3. The van der Waals surface area contributed by atoms with E-state index in [1.54, 1.807) is 55.6 Å². The van der Waals surface area contributed by atoms with Crippen LogP contribution < -0.4 is 9.21 Å². The van der Waals surface area contributed by atoms with Gasteiger partial charge in [0.25, 0.3) is 15.9 Å². The Bertz CT molecular complexity index is 1040. The summed E-state index contributed by atoms with van der Waals surface area (Å²) in [7, 11) is -0.792. The van der Waals surface area contributed by atoms with Gasteiger partial charge in [-0.15, -0.1) is 0 Å². The third kappa shape index (κ3) is 3.71. The SMILES string of the molecule is CN(C(=O)c1ccccc1S(=O)(=O)N(C)c1ccccc1)c1ccccc1. The fourth-order valence-electron chi connectivity index (χ4n) is 2.74. The summed E-state index contributed by atoms with van der Waals surface area (Å²) in [5.41, 5.74) is 1.34. The normalized spacial score (nSPS) is 11.0. The van der Waals surface area contributed by atoms with Gasteiger partial charge in [-0.05, 0) is 36.4 Å². The van der Waals surface area contributed by atoms with Gasteiger partial charge in [0.2, 0.25) is 0 Å². The molecule has 0 aromatic heterocycles. The van der Waals surface area contributed by atoms with Crippen molar-refractivity contribution >= 4 is 27.3 Å². The highest BCUT2D eigenvalue weighted by Gasteiger charge is 2.28. The molecule has 5 nitrogen and oxygen atoms in total. The summed E-state index contributed by atoms with van der Waals surface area (Å²) < 4.78 is 27.5. The van der Waals surface area contributed by atoms with Crippen LogP contribution in [0.5, 0.6) is 0 Å². The second-order valence-corrected chi connectivity index (χ2v) is 7.94. The molecule has 0 saturated carbocycles.